The molecule has 1 aromatic rings. The van der Waals surface area contributed by atoms with Crippen molar-refractivity contribution in [2.24, 2.45) is 5.90 Å². The van der Waals surface area contributed by atoms with Gasteiger partial charge in [0.25, 0.3) is 0 Å². The van der Waals surface area contributed by atoms with E-state index in [2.05, 4.69) is 14.9 Å². The molecule has 1 heterocycles. The lowest BCUT2D eigenvalue weighted by Gasteiger charge is -2.07. The molecule has 1 aromatic carbocycles. The third-order valence-corrected chi connectivity index (χ3v) is 4.20. The average molecular weight is 285 g/mol. The maximum atomic E-state index is 12.0. The quantitative estimate of drug-likeness (QED) is 0.492. The van der Waals surface area contributed by atoms with Crippen LogP contribution in [0.15, 0.2) is 23.1 Å². The molecule has 0 spiro atoms. The Morgan fingerprint density at radius 2 is 2.21 bits per heavy atom. The highest BCUT2D eigenvalue weighted by Crippen LogP contribution is 2.25. The van der Waals surface area contributed by atoms with Crippen molar-refractivity contribution >= 4 is 21.6 Å². The van der Waals surface area contributed by atoms with E-state index in [1.54, 1.807) is 6.07 Å². The van der Waals surface area contributed by atoms with Gasteiger partial charge in [0.1, 0.15) is 0 Å². The predicted octanol–water partition coefficient (Wildman–Crippen LogP) is -0.260. The van der Waals surface area contributed by atoms with Crippen LogP contribution in [0, 0.1) is 0 Å². The third-order valence-electron chi connectivity index (χ3n) is 2.74. The Morgan fingerprint density at radius 1 is 1.42 bits per heavy atom. The molecular weight excluding hydrogens is 270 g/mol. The van der Waals surface area contributed by atoms with Crippen LogP contribution in [0.5, 0.6) is 0 Å². The summed E-state index contributed by atoms with van der Waals surface area (Å²) in [5, 5.41) is 2.65. The van der Waals surface area contributed by atoms with Crippen molar-refractivity contribution in [1.82, 2.24) is 4.72 Å². The van der Waals surface area contributed by atoms with Crippen LogP contribution in [-0.4, -0.2) is 27.5 Å². The summed E-state index contributed by atoms with van der Waals surface area (Å²) >= 11 is 0. The standard InChI is InChI=1S/C11H15N3O4S/c12-18-5-1-4-13-19(16,17)9-2-3-10-8(6-9)7-11(15)14-10/h2-3,6,13H,1,4-5,7,12H2,(H,14,15). The summed E-state index contributed by atoms with van der Waals surface area (Å²) in [4.78, 5) is 15.7. The molecule has 0 bridgehead atoms. The van der Waals surface area contributed by atoms with Crippen LogP contribution >= 0.6 is 0 Å². The minimum absolute atomic E-state index is 0.127. The zero-order valence-corrected chi connectivity index (χ0v) is 11.0. The molecule has 1 amide bonds. The summed E-state index contributed by atoms with van der Waals surface area (Å²) < 4.78 is 26.4. The van der Waals surface area contributed by atoms with E-state index in [1.165, 1.54) is 12.1 Å². The highest BCUT2D eigenvalue weighted by molar-refractivity contribution is 7.89. The molecule has 0 saturated heterocycles. The number of benzene rings is 1. The molecule has 0 unspecified atom stereocenters. The predicted molar refractivity (Wildman–Crippen MR) is 68.7 cm³/mol. The fourth-order valence-corrected chi connectivity index (χ4v) is 2.94. The fraction of sp³-hybridized carbons (Fsp3) is 0.364. The Labute approximate surface area is 111 Å². The van der Waals surface area contributed by atoms with Crippen LogP contribution in [0.3, 0.4) is 0 Å². The second-order valence-corrected chi connectivity index (χ2v) is 5.93. The van der Waals surface area contributed by atoms with E-state index in [0.29, 0.717) is 17.7 Å². The Hall–Kier alpha value is -1.48. The number of fused-ring (bicyclic) bond motifs is 1. The molecule has 2 rings (SSSR count). The van der Waals surface area contributed by atoms with Crippen molar-refractivity contribution in [1.29, 1.82) is 0 Å². The topological polar surface area (TPSA) is 111 Å². The van der Waals surface area contributed by atoms with Gasteiger partial charge in [0.15, 0.2) is 0 Å². The first-order chi connectivity index (χ1) is 9.03. The van der Waals surface area contributed by atoms with E-state index < -0.39 is 10.0 Å². The van der Waals surface area contributed by atoms with Crippen LogP contribution in [0.25, 0.3) is 0 Å². The smallest absolute Gasteiger partial charge is 0.240 e. The van der Waals surface area contributed by atoms with Crippen molar-refractivity contribution in [2.75, 3.05) is 18.5 Å². The monoisotopic (exact) mass is 285 g/mol. The molecule has 0 fully saturated rings. The lowest BCUT2D eigenvalue weighted by molar-refractivity contribution is -0.115. The van der Waals surface area contributed by atoms with Crippen molar-refractivity contribution < 1.29 is 18.0 Å². The van der Waals surface area contributed by atoms with Crippen molar-refractivity contribution in [3.63, 3.8) is 0 Å². The molecule has 0 saturated carbocycles. The largest absolute Gasteiger partial charge is 0.326 e. The number of nitrogens with one attached hydrogen (secondary N) is 2. The Balaban J connectivity index is 2.09. The maximum Gasteiger partial charge on any atom is 0.240 e. The first-order valence-electron chi connectivity index (χ1n) is 5.77. The van der Waals surface area contributed by atoms with Gasteiger partial charge in [-0.15, -0.1) is 0 Å². The molecule has 1 aliphatic heterocycles. The first kappa shape index (κ1) is 13.9. The Morgan fingerprint density at radius 3 is 2.95 bits per heavy atom. The number of rotatable bonds is 6. The molecule has 0 radical (unpaired) electrons. The molecule has 1 aliphatic rings. The molecule has 0 aliphatic carbocycles. The van der Waals surface area contributed by atoms with Crippen molar-refractivity contribution in [2.45, 2.75) is 17.7 Å². The van der Waals surface area contributed by atoms with Crippen LogP contribution in [0.2, 0.25) is 0 Å². The van der Waals surface area contributed by atoms with E-state index in [4.69, 9.17) is 5.90 Å². The van der Waals surface area contributed by atoms with E-state index in [0.717, 1.165) is 0 Å². The minimum Gasteiger partial charge on any atom is -0.326 e. The normalized spacial score (nSPS) is 14.3. The number of carbonyl (C=O) groups excluding carboxylic acids is 1. The number of amides is 1. The van der Waals surface area contributed by atoms with Crippen LogP contribution in [0.4, 0.5) is 5.69 Å². The van der Waals surface area contributed by atoms with E-state index in [-0.39, 0.29) is 30.4 Å². The molecule has 7 nitrogen and oxygen atoms in total. The maximum absolute atomic E-state index is 12.0. The minimum atomic E-state index is -3.57. The van der Waals surface area contributed by atoms with E-state index in [9.17, 15) is 13.2 Å². The second-order valence-electron chi connectivity index (χ2n) is 4.17. The van der Waals surface area contributed by atoms with Gasteiger partial charge in [-0.25, -0.2) is 19.0 Å². The van der Waals surface area contributed by atoms with Crippen LogP contribution in [0.1, 0.15) is 12.0 Å². The molecule has 104 valence electrons. The number of nitrogens with two attached hydrogens (primary N) is 1. The molecule has 19 heavy (non-hydrogen) atoms. The van der Waals surface area contributed by atoms with Gasteiger partial charge in [-0.2, -0.15) is 0 Å². The van der Waals surface area contributed by atoms with E-state index in [1.807, 2.05) is 0 Å². The third kappa shape index (κ3) is 3.29. The number of hydrogen-bond donors (Lipinski definition) is 3. The number of hydrogen-bond acceptors (Lipinski definition) is 5. The number of anilines is 1. The van der Waals surface area contributed by atoms with Crippen molar-refractivity contribution in [3.05, 3.63) is 23.8 Å². The molecule has 0 aromatic heterocycles. The van der Waals surface area contributed by atoms with Crippen LogP contribution < -0.4 is 15.9 Å². The number of carbonyl (C=O) groups is 1. The Kier molecular flexibility index (Phi) is 4.15. The van der Waals surface area contributed by atoms with Gasteiger partial charge in [-0.3, -0.25) is 4.79 Å². The summed E-state index contributed by atoms with van der Waals surface area (Å²) in [5.74, 6) is 4.72. The summed E-state index contributed by atoms with van der Waals surface area (Å²) in [7, 11) is -3.57. The summed E-state index contributed by atoms with van der Waals surface area (Å²) in [5.41, 5.74) is 1.36. The first-order valence-corrected chi connectivity index (χ1v) is 7.25. The molecule has 4 N–H and O–H groups in total. The van der Waals surface area contributed by atoms with Crippen LogP contribution in [-0.2, 0) is 26.1 Å². The molecule has 0 atom stereocenters. The summed E-state index contributed by atoms with van der Waals surface area (Å²) in [6, 6.07) is 4.57. The van der Waals surface area contributed by atoms with Gasteiger partial charge in [-0.05, 0) is 30.2 Å². The zero-order chi connectivity index (χ0) is 13.9. The zero-order valence-electron chi connectivity index (χ0n) is 10.2. The van der Waals surface area contributed by atoms with Gasteiger partial charge >= 0.3 is 0 Å². The molecule has 8 heteroatoms. The van der Waals surface area contributed by atoms with Gasteiger partial charge in [0.05, 0.1) is 17.9 Å². The highest BCUT2D eigenvalue weighted by Gasteiger charge is 2.21. The van der Waals surface area contributed by atoms with Gasteiger partial charge in [-0.1, -0.05) is 0 Å². The molecular formula is C11H15N3O4S. The van der Waals surface area contributed by atoms with E-state index >= 15 is 0 Å². The fourth-order valence-electron chi connectivity index (χ4n) is 1.82. The lowest BCUT2D eigenvalue weighted by Crippen LogP contribution is -2.26. The van der Waals surface area contributed by atoms with Crippen molar-refractivity contribution in [3.8, 4) is 0 Å². The second kappa shape index (κ2) is 5.66. The summed E-state index contributed by atoms with van der Waals surface area (Å²) in [6.07, 6.45) is 0.695. The van der Waals surface area contributed by atoms with Gasteiger partial charge in [0, 0.05) is 12.2 Å². The SMILES string of the molecule is NOCCCNS(=O)(=O)c1ccc2c(c1)CC(=O)N2. The average Bonchev–Trinajstić information content (AvgIpc) is 2.73. The lowest BCUT2D eigenvalue weighted by atomic mass is 10.2. The highest BCUT2D eigenvalue weighted by atomic mass is 32.2. The Bertz CT molecular complexity index is 586. The summed E-state index contributed by atoms with van der Waals surface area (Å²) in [6.45, 7) is 0.527. The van der Waals surface area contributed by atoms with Gasteiger partial charge in [0.2, 0.25) is 15.9 Å². The van der Waals surface area contributed by atoms with Gasteiger partial charge < -0.3 is 10.2 Å². The number of sulfonamides is 1.